The zero-order valence-electron chi connectivity index (χ0n) is 20.8. The molecule has 3 aromatic carbocycles. The van der Waals surface area contributed by atoms with E-state index >= 15 is 0 Å². The predicted octanol–water partition coefficient (Wildman–Crippen LogP) is 7.07. The van der Waals surface area contributed by atoms with Gasteiger partial charge < -0.3 is 14.9 Å². The zero-order chi connectivity index (χ0) is 25.5. The smallest absolute Gasteiger partial charge is 0.148 e. The average molecular weight is 502 g/mol. The van der Waals surface area contributed by atoms with E-state index in [9.17, 15) is 4.79 Å². The lowest BCUT2D eigenvalue weighted by Gasteiger charge is -2.32. The van der Waals surface area contributed by atoms with Crippen LogP contribution in [-0.4, -0.2) is 29.3 Å². The first-order valence-electron chi connectivity index (χ1n) is 12.4. The van der Waals surface area contributed by atoms with Gasteiger partial charge in [-0.1, -0.05) is 61.8 Å². The number of rotatable bonds is 11. The Labute approximate surface area is 218 Å². The number of fused-ring (bicyclic) bond motifs is 1. The van der Waals surface area contributed by atoms with Crippen LogP contribution in [-0.2, 0) is 11.3 Å². The number of nitrogens with one attached hydrogen (secondary N) is 1. The molecular weight excluding hydrogens is 470 g/mol. The van der Waals surface area contributed by atoms with E-state index in [1.54, 1.807) is 0 Å². The highest BCUT2D eigenvalue weighted by molar-refractivity contribution is 6.30. The molecule has 6 heteroatoms. The number of hydrazone groups is 1. The maximum Gasteiger partial charge on any atom is 0.148 e. The van der Waals surface area contributed by atoms with Gasteiger partial charge in [-0.3, -0.25) is 5.01 Å². The third-order valence-corrected chi connectivity index (χ3v) is 6.92. The van der Waals surface area contributed by atoms with Crippen molar-refractivity contribution in [3.63, 3.8) is 0 Å². The molecule has 0 radical (unpaired) electrons. The van der Waals surface area contributed by atoms with Gasteiger partial charge in [-0.2, -0.15) is 5.10 Å². The molecule has 186 valence electrons. The molecule has 2 atom stereocenters. The van der Waals surface area contributed by atoms with Gasteiger partial charge in [0.1, 0.15) is 18.1 Å². The van der Waals surface area contributed by atoms with Crippen molar-refractivity contribution >= 4 is 29.3 Å². The van der Waals surface area contributed by atoms with E-state index in [0.717, 1.165) is 65.0 Å². The fraction of sp³-hybridized carbons (Fsp3) is 0.300. The molecule has 0 fully saturated rings. The number of benzene rings is 3. The average Bonchev–Trinajstić information content (AvgIpc) is 2.91. The summed E-state index contributed by atoms with van der Waals surface area (Å²) in [6.45, 7) is 5.29. The molecule has 1 N–H and O–H groups in total. The first-order chi connectivity index (χ1) is 17.5. The molecule has 0 saturated heterocycles. The SMILES string of the molecule is CC[C@@H](C)C(=N)CCCOc1ccc(C2=NN(Cc3ccc(Cl)cc3)C(C=O)c3ccccc32)cc1. The van der Waals surface area contributed by atoms with E-state index in [-0.39, 0.29) is 0 Å². The standard InChI is InChI=1S/C30H32ClN3O2/c1-3-21(2)28(32)9-6-18-36-25-16-12-23(13-17-25)30-27-8-5-4-7-26(27)29(20-35)34(33-30)19-22-10-14-24(31)15-11-22/h4-5,7-8,10-17,20-21,29,32H,3,6,9,18-19H2,1-2H3/t21-,29?/m1/s1. The molecule has 0 amide bonds. The molecule has 0 bridgehead atoms. The number of carbonyl (C=O) groups excluding carboxylic acids is 1. The molecule has 36 heavy (non-hydrogen) atoms. The number of nitrogens with zero attached hydrogens (tertiary/aromatic N) is 2. The quantitative estimate of drug-likeness (QED) is 0.173. The van der Waals surface area contributed by atoms with Crippen LogP contribution in [0.15, 0.2) is 77.9 Å². The molecule has 5 nitrogen and oxygen atoms in total. The first-order valence-corrected chi connectivity index (χ1v) is 12.8. The summed E-state index contributed by atoms with van der Waals surface area (Å²) in [7, 11) is 0. The van der Waals surface area contributed by atoms with Crippen molar-refractivity contribution in [2.75, 3.05) is 6.61 Å². The minimum Gasteiger partial charge on any atom is -0.494 e. The number of ether oxygens (including phenoxy) is 1. The Morgan fingerprint density at radius 2 is 1.83 bits per heavy atom. The molecule has 1 unspecified atom stereocenters. The van der Waals surface area contributed by atoms with Crippen molar-refractivity contribution in [1.82, 2.24) is 5.01 Å². The van der Waals surface area contributed by atoms with Crippen LogP contribution in [0, 0.1) is 11.3 Å². The number of halogens is 1. The highest BCUT2D eigenvalue weighted by Crippen LogP contribution is 2.32. The lowest BCUT2D eigenvalue weighted by Crippen LogP contribution is -2.32. The van der Waals surface area contributed by atoms with Crippen molar-refractivity contribution in [1.29, 1.82) is 5.41 Å². The normalized spacial score (nSPS) is 15.6. The summed E-state index contributed by atoms with van der Waals surface area (Å²) in [5, 5.41) is 15.6. The van der Waals surface area contributed by atoms with Gasteiger partial charge >= 0.3 is 0 Å². The highest BCUT2D eigenvalue weighted by atomic mass is 35.5. The highest BCUT2D eigenvalue weighted by Gasteiger charge is 2.29. The molecular formula is C30H32ClN3O2. The Hall–Kier alpha value is -3.44. The molecule has 3 aromatic rings. The monoisotopic (exact) mass is 501 g/mol. The van der Waals surface area contributed by atoms with Crippen molar-refractivity contribution in [3.05, 3.63) is 100 Å². The molecule has 4 rings (SSSR count). The maximum absolute atomic E-state index is 12.1. The minimum absolute atomic E-state index is 0.335. The minimum atomic E-state index is -0.461. The number of carbonyl (C=O) groups is 1. The summed E-state index contributed by atoms with van der Waals surface area (Å²) in [5.74, 6) is 1.13. The van der Waals surface area contributed by atoms with E-state index in [1.165, 1.54) is 0 Å². The first kappa shape index (κ1) is 25.6. The topological polar surface area (TPSA) is 65.8 Å². The van der Waals surface area contributed by atoms with Gasteiger partial charge in [0.15, 0.2) is 0 Å². The fourth-order valence-corrected chi connectivity index (χ4v) is 4.42. The van der Waals surface area contributed by atoms with E-state index in [1.807, 2.05) is 77.8 Å². The Morgan fingerprint density at radius 1 is 1.11 bits per heavy atom. The van der Waals surface area contributed by atoms with E-state index in [4.69, 9.17) is 26.8 Å². The Morgan fingerprint density at radius 3 is 2.53 bits per heavy atom. The van der Waals surface area contributed by atoms with Crippen molar-refractivity contribution in [2.24, 2.45) is 11.0 Å². The van der Waals surface area contributed by atoms with E-state index in [0.29, 0.717) is 24.1 Å². The van der Waals surface area contributed by atoms with Crippen molar-refractivity contribution < 1.29 is 9.53 Å². The third-order valence-electron chi connectivity index (χ3n) is 6.66. The Bertz CT molecular complexity index is 1220. The third kappa shape index (κ3) is 6.03. The van der Waals surface area contributed by atoms with Gasteiger partial charge in [-0.15, -0.1) is 0 Å². The molecule has 0 saturated carbocycles. The second kappa shape index (κ2) is 12.0. The number of aldehydes is 1. The van der Waals surface area contributed by atoms with Crippen LogP contribution in [0.1, 0.15) is 61.4 Å². The van der Waals surface area contributed by atoms with Crippen molar-refractivity contribution in [2.45, 2.75) is 45.7 Å². The summed E-state index contributed by atoms with van der Waals surface area (Å²) < 4.78 is 5.92. The lowest BCUT2D eigenvalue weighted by atomic mass is 9.92. The lowest BCUT2D eigenvalue weighted by molar-refractivity contribution is -0.113. The number of hydrogen-bond donors (Lipinski definition) is 1. The van der Waals surface area contributed by atoms with Crippen molar-refractivity contribution in [3.8, 4) is 5.75 Å². The second-order valence-electron chi connectivity index (χ2n) is 9.15. The van der Waals surface area contributed by atoms with Crippen LogP contribution in [0.4, 0.5) is 0 Å². The fourth-order valence-electron chi connectivity index (χ4n) is 4.30. The van der Waals surface area contributed by atoms with Gasteiger partial charge in [0.25, 0.3) is 0 Å². The van der Waals surface area contributed by atoms with Gasteiger partial charge in [-0.25, -0.2) is 0 Å². The van der Waals surface area contributed by atoms with Gasteiger partial charge in [-0.05, 0) is 72.7 Å². The van der Waals surface area contributed by atoms with Crippen LogP contribution in [0.3, 0.4) is 0 Å². The molecule has 1 aliphatic rings. The van der Waals surface area contributed by atoms with E-state index < -0.39 is 6.04 Å². The van der Waals surface area contributed by atoms with Crippen LogP contribution in [0.25, 0.3) is 0 Å². The largest absolute Gasteiger partial charge is 0.494 e. The Balaban J connectivity index is 1.51. The summed E-state index contributed by atoms with van der Waals surface area (Å²) in [5.41, 5.74) is 5.50. The second-order valence-corrected chi connectivity index (χ2v) is 9.59. The molecule has 1 aliphatic heterocycles. The summed E-state index contributed by atoms with van der Waals surface area (Å²) in [6.07, 6.45) is 3.55. The molecule has 0 aliphatic carbocycles. The van der Waals surface area contributed by atoms with Crippen LogP contribution < -0.4 is 4.74 Å². The van der Waals surface area contributed by atoms with Crippen LogP contribution in [0.5, 0.6) is 5.75 Å². The van der Waals surface area contributed by atoms with Gasteiger partial charge in [0, 0.05) is 21.9 Å². The molecule has 0 aromatic heterocycles. The van der Waals surface area contributed by atoms with Crippen LogP contribution >= 0.6 is 11.6 Å². The van der Waals surface area contributed by atoms with Gasteiger partial charge in [0.05, 0.1) is 18.9 Å². The molecule has 0 spiro atoms. The zero-order valence-corrected chi connectivity index (χ0v) is 21.5. The summed E-state index contributed by atoms with van der Waals surface area (Å²) in [4.78, 5) is 12.1. The molecule has 1 heterocycles. The Kier molecular flexibility index (Phi) is 8.55. The van der Waals surface area contributed by atoms with E-state index in [2.05, 4.69) is 13.8 Å². The summed E-state index contributed by atoms with van der Waals surface area (Å²) in [6, 6.07) is 23.0. The maximum atomic E-state index is 12.1. The van der Waals surface area contributed by atoms with Gasteiger partial charge in [0.2, 0.25) is 0 Å². The number of hydrogen-bond acceptors (Lipinski definition) is 5. The predicted molar refractivity (Wildman–Crippen MR) is 146 cm³/mol. The van der Waals surface area contributed by atoms with Crippen LogP contribution in [0.2, 0.25) is 5.02 Å². The summed E-state index contributed by atoms with van der Waals surface area (Å²) >= 11 is 6.05.